The van der Waals surface area contributed by atoms with E-state index in [0.717, 1.165) is 15.7 Å². The standard InChI is InChI=1S/C14H12BrN3O/c1-8-2-4-10(7-11(8)15)17-14-18-12-5-3-9(16)6-13(12)19-14/h2-7H,16H2,1H3,(H,17,18). The summed E-state index contributed by atoms with van der Waals surface area (Å²) in [7, 11) is 0. The van der Waals surface area contributed by atoms with Gasteiger partial charge in [-0.2, -0.15) is 4.98 Å². The molecule has 96 valence electrons. The number of oxazole rings is 1. The first-order valence-corrected chi connectivity index (χ1v) is 6.60. The molecule has 3 N–H and O–H groups in total. The molecule has 1 heterocycles. The molecule has 2 aromatic carbocycles. The molecule has 0 atom stereocenters. The van der Waals surface area contributed by atoms with Crippen LogP contribution in [0.4, 0.5) is 17.4 Å². The monoisotopic (exact) mass is 317 g/mol. The average molecular weight is 318 g/mol. The van der Waals surface area contributed by atoms with E-state index in [1.165, 1.54) is 5.56 Å². The van der Waals surface area contributed by atoms with E-state index < -0.39 is 0 Å². The number of halogens is 1. The van der Waals surface area contributed by atoms with E-state index in [4.69, 9.17) is 10.2 Å². The summed E-state index contributed by atoms with van der Waals surface area (Å²) in [5, 5.41) is 3.13. The first-order valence-electron chi connectivity index (χ1n) is 5.81. The van der Waals surface area contributed by atoms with E-state index >= 15 is 0 Å². The molecule has 0 aliphatic carbocycles. The molecule has 0 spiro atoms. The van der Waals surface area contributed by atoms with Crippen LogP contribution in [0.15, 0.2) is 45.3 Å². The first-order chi connectivity index (χ1) is 9.11. The number of aryl methyl sites for hydroxylation is 1. The Morgan fingerprint density at radius 3 is 2.84 bits per heavy atom. The zero-order valence-corrected chi connectivity index (χ0v) is 11.9. The summed E-state index contributed by atoms with van der Waals surface area (Å²) in [6.45, 7) is 2.04. The number of benzene rings is 2. The van der Waals surface area contributed by atoms with Gasteiger partial charge in [-0.05, 0) is 36.8 Å². The highest BCUT2D eigenvalue weighted by atomic mass is 79.9. The number of fused-ring (bicyclic) bond motifs is 1. The maximum atomic E-state index is 5.71. The lowest BCUT2D eigenvalue weighted by Crippen LogP contribution is -1.90. The smallest absolute Gasteiger partial charge is 0.300 e. The lowest BCUT2D eigenvalue weighted by molar-refractivity contribution is 0.623. The molecule has 1 aromatic heterocycles. The molecule has 0 aliphatic heterocycles. The van der Waals surface area contributed by atoms with Crippen molar-refractivity contribution in [3.8, 4) is 0 Å². The lowest BCUT2D eigenvalue weighted by Gasteiger charge is -2.03. The molecule has 3 rings (SSSR count). The topological polar surface area (TPSA) is 64.1 Å². The van der Waals surface area contributed by atoms with E-state index in [-0.39, 0.29) is 0 Å². The third kappa shape index (κ3) is 2.42. The van der Waals surface area contributed by atoms with Gasteiger partial charge in [0.25, 0.3) is 6.01 Å². The Morgan fingerprint density at radius 1 is 1.21 bits per heavy atom. The van der Waals surface area contributed by atoms with E-state index in [9.17, 15) is 0 Å². The van der Waals surface area contributed by atoms with Gasteiger partial charge in [0.15, 0.2) is 5.58 Å². The van der Waals surface area contributed by atoms with Gasteiger partial charge in [0, 0.05) is 21.9 Å². The van der Waals surface area contributed by atoms with Gasteiger partial charge in [0.1, 0.15) is 5.52 Å². The lowest BCUT2D eigenvalue weighted by atomic mass is 10.2. The number of rotatable bonds is 2. The van der Waals surface area contributed by atoms with Crippen molar-refractivity contribution >= 4 is 44.4 Å². The summed E-state index contributed by atoms with van der Waals surface area (Å²) >= 11 is 3.50. The van der Waals surface area contributed by atoms with Gasteiger partial charge in [-0.15, -0.1) is 0 Å². The number of nitrogens with two attached hydrogens (primary N) is 1. The normalized spacial score (nSPS) is 10.8. The number of nitrogens with zero attached hydrogens (tertiary/aromatic N) is 1. The number of anilines is 3. The van der Waals surface area contributed by atoms with Crippen molar-refractivity contribution < 1.29 is 4.42 Å². The van der Waals surface area contributed by atoms with Crippen LogP contribution in [0.5, 0.6) is 0 Å². The van der Waals surface area contributed by atoms with Crippen LogP contribution in [0.1, 0.15) is 5.56 Å². The number of aromatic nitrogens is 1. The second kappa shape index (κ2) is 4.59. The maximum Gasteiger partial charge on any atom is 0.300 e. The Bertz CT molecular complexity index is 752. The van der Waals surface area contributed by atoms with Gasteiger partial charge >= 0.3 is 0 Å². The number of hydrogen-bond acceptors (Lipinski definition) is 4. The van der Waals surface area contributed by atoms with Gasteiger partial charge < -0.3 is 15.5 Å². The molecule has 4 nitrogen and oxygen atoms in total. The highest BCUT2D eigenvalue weighted by Gasteiger charge is 2.06. The fourth-order valence-electron chi connectivity index (χ4n) is 1.79. The Labute approximate surface area is 118 Å². The predicted octanol–water partition coefficient (Wildman–Crippen LogP) is 4.22. The van der Waals surface area contributed by atoms with Crippen LogP contribution in [-0.2, 0) is 0 Å². The van der Waals surface area contributed by atoms with E-state index in [1.807, 2.05) is 31.2 Å². The fourth-order valence-corrected chi connectivity index (χ4v) is 2.17. The van der Waals surface area contributed by atoms with E-state index in [2.05, 4.69) is 26.2 Å². The molecular weight excluding hydrogens is 306 g/mol. The van der Waals surface area contributed by atoms with Crippen molar-refractivity contribution in [3.05, 3.63) is 46.4 Å². The third-order valence-electron chi connectivity index (χ3n) is 2.84. The molecule has 0 radical (unpaired) electrons. The van der Waals surface area contributed by atoms with Crippen molar-refractivity contribution in [2.45, 2.75) is 6.92 Å². The Morgan fingerprint density at radius 2 is 2.05 bits per heavy atom. The zero-order valence-electron chi connectivity index (χ0n) is 10.3. The zero-order chi connectivity index (χ0) is 13.4. The predicted molar refractivity (Wildman–Crippen MR) is 80.6 cm³/mol. The minimum absolute atomic E-state index is 0.455. The molecule has 0 fully saturated rings. The van der Waals surface area contributed by atoms with Crippen molar-refractivity contribution in [3.63, 3.8) is 0 Å². The molecule has 0 saturated carbocycles. The summed E-state index contributed by atoms with van der Waals surface area (Å²) in [4.78, 5) is 4.35. The van der Waals surface area contributed by atoms with Crippen molar-refractivity contribution in [1.29, 1.82) is 0 Å². The van der Waals surface area contributed by atoms with Gasteiger partial charge in [0.2, 0.25) is 0 Å². The molecule has 0 unspecified atom stereocenters. The SMILES string of the molecule is Cc1ccc(Nc2nc3ccc(N)cc3o2)cc1Br. The number of hydrogen-bond donors (Lipinski definition) is 2. The number of nitrogen functional groups attached to an aromatic ring is 1. The van der Waals surface area contributed by atoms with Crippen LogP contribution in [0, 0.1) is 6.92 Å². The van der Waals surface area contributed by atoms with Crippen LogP contribution >= 0.6 is 15.9 Å². The number of nitrogens with one attached hydrogen (secondary N) is 1. The second-order valence-corrected chi connectivity index (χ2v) is 5.19. The molecule has 0 bridgehead atoms. The molecule has 3 aromatic rings. The Kier molecular flexibility index (Phi) is 2.91. The second-order valence-electron chi connectivity index (χ2n) is 4.34. The maximum absolute atomic E-state index is 5.71. The van der Waals surface area contributed by atoms with Gasteiger partial charge in [-0.1, -0.05) is 22.0 Å². The largest absolute Gasteiger partial charge is 0.423 e. The van der Waals surface area contributed by atoms with Gasteiger partial charge in [-0.25, -0.2) is 0 Å². The molecule has 19 heavy (non-hydrogen) atoms. The van der Waals surface area contributed by atoms with Crippen LogP contribution in [0.25, 0.3) is 11.1 Å². The fraction of sp³-hybridized carbons (Fsp3) is 0.0714. The summed E-state index contributed by atoms with van der Waals surface area (Å²) in [6.07, 6.45) is 0. The van der Waals surface area contributed by atoms with Gasteiger partial charge in [-0.3, -0.25) is 0 Å². The van der Waals surface area contributed by atoms with Gasteiger partial charge in [0.05, 0.1) is 0 Å². The van der Waals surface area contributed by atoms with Crippen molar-refractivity contribution in [1.82, 2.24) is 4.98 Å². The molecule has 0 saturated heterocycles. The summed E-state index contributed by atoms with van der Waals surface area (Å²) in [5.41, 5.74) is 9.91. The molecule has 5 heteroatoms. The summed E-state index contributed by atoms with van der Waals surface area (Å²) in [5.74, 6) is 0. The quantitative estimate of drug-likeness (QED) is 0.694. The van der Waals surface area contributed by atoms with Crippen LogP contribution in [0.3, 0.4) is 0 Å². The van der Waals surface area contributed by atoms with Crippen LogP contribution in [0.2, 0.25) is 0 Å². The van der Waals surface area contributed by atoms with E-state index in [0.29, 0.717) is 17.3 Å². The van der Waals surface area contributed by atoms with Crippen LogP contribution in [-0.4, -0.2) is 4.98 Å². The highest BCUT2D eigenvalue weighted by Crippen LogP contribution is 2.26. The van der Waals surface area contributed by atoms with E-state index in [1.54, 1.807) is 12.1 Å². The minimum Gasteiger partial charge on any atom is -0.423 e. The van der Waals surface area contributed by atoms with Crippen molar-refractivity contribution in [2.75, 3.05) is 11.1 Å². The molecule has 0 amide bonds. The summed E-state index contributed by atoms with van der Waals surface area (Å²) in [6, 6.07) is 11.8. The van der Waals surface area contributed by atoms with Crippen LogP contribution < -0.4 is 11.1 Å². The molecular formula is C14H12BrN3O. The third-order valence-corrected chi connectivity index (χ3v) is 3.69. The van der Waals surface area contributed by atoms with Crippen molar-refractivity contribution in [2.24, 2.45) is 0 Å². The Hall–Kier alpha value is -2.01. The highest BCUT2D eigenvalue weighted by molar-refractivity contribution is 9.10. The molecule has 0 aliphatic rings. The summed E-state index contributed by atoms with van der Waals surface area (Å²) < 4.78 is 6.65. The first kappa shape index (κ1) is 12.0. The minimum atomic E-state index is 0.455. The Balaban J connectivity index is 1.94. The average Bonchev–Trinajstić information content (AvgIpc) is 2.75.